The number of rotatable bonds is 3. The van der Waals surface area contributed by atoms with Crippen LogP contribution >= 0.6 is 0 Å². The molecule has 26 heavy (non-hydrogen) atoms. The van der Waals surface area contributed by atoms with Gasteiger partial charge in [-0.1, -0.05) is 29.8 Å². The van der Waals surface area contributed by atoms with Crippen molar-refractivity contribution in [1.82, 2.24) is 14.9 Å². The third-order valence-electron chi connectivity index (χ3n) is 4.74. The predicted molar refractivity (Wildman–Crippen MR) is 100 cm³/mol. The molecule has 132 valence electrons. The number of piperidine rings is 1. The van der Waals surface area contributed by atoms with E-state index in [4.69, 9.17) is 4.74 Å². The molecule has 0 saturated carbocycles. The van der Waals surface area contributed by atoms with E-state index in [9.17, 15) is 4.79 Å². The molecule has 1 saturated heterocycles. The fourth-order valence-corrected chi connectivity index (χ4v) is 3.22. The van der Waals surface area contributed by atoms with Gasteiger partial charge in [0.1, 0.15) is 6.10 Å². The Balaban J connectivity index is 1.37. The average Bonchev–Trinajstić information content (AvgIpc) is 2.68. The van der Waals surface area contributed by atoms with E-state index in [1.54, 1.807) is 6.20 Å². The lowest BCUT2D eigenvalue weighted by Gasteiger charge is -2.32. The minimum atomic E-state index is 0.0625. The minimum absolute atomic E-state index is 0.0625. The molecule has 4 rings (SSSR count). The van der Waals surface area contributed by atoms with Gasteiger partial charge in [-0.25, -0.2) is 9.97 Å². The summed E-state index contributed by atoms with van der Waals surface area (Å²) in [6.07, 6.45) is 3.33. The predicted octanol–water partition coefficient (Wildman–Crippen LogP) is 3.62. The largest absolute Gasteiger partial charge is 0.473 e. The van der Waals surface area contributed by atoms with E-state index in [2.05, 4.69) is 9.97 Å². The van der Waals surface area contributed by atoms with Crippen molar-refractivity contribution in [3.8, 4) is 5.88 Å². The first kappa shape index (κ1) is 16.5. The summed E-state index contributed by atoms with van der Waals surface area (Å²) < 4.78 is 6.00. The minimum Gasteiger partial charge on any atom is -0.473 e. The van der Waals surface area contributed by atoms with Crippen LogP contribution in [-0.2, 0) is 0 Å². The molecular formula is C21H21N3O2. The van der Waals surface area contributed by atoms with Gasteiger partial charge in [-0.05, 0) is 31.2 Å². The lowest BCUT2D eigenvalue weighted by atomic mass is 10.1. The van der Waals surface area contributed by atoms with Gasteiger partial charge in [0.05, 0.1) is 17.2 Å². The number of carbonyl (C=O) groups excluding carboxylic acids is 1. The molecule has 1 amide bonds. The molecule has 3 aromatic rings. The number of para-hydroxylation sites is 2. The second kappa shape index (κ2) is 7.12. The Kier molecular flexibility index (Phi) is 4.52. The molecule has 1 aliphatic rings. The quantitative estimate of drug-likeness (QED) is 0.726. The summed E-state index contributed by atoms with van der Waals surface area (Å²) in [6, 6.07) is 15.5. The van der Waals surface area contributed by atoms with E-state index < -0.39 is 0 Å². The van der Waals surface area contributed by atoms with Crippen molar-refractivity contribution in [3.63, 3.8) is 0 Å². The molecule has 0 bridgehead atoms. The third-order valence-corrected chi connectivity index (χ3v) is 4.74. The second-order valence-electron chi connectivity index (χ2n) is 6.67. The van der Waals surface area contributed by atoms with Crippen molar-refractivity contribution in [3.05, 3.63) is 65.9 Å². The van der Waals surface area contributed by atoms with Crippen LogP contribution in [-0.4, -0.2) is 40.0 Å². The third kappa shape index (κ3) is 3.52. The number of fused-ring (bicyclic) bond motifs is 1. The van der Waals surface area contributed by atoms with E-state index in [-0.39, 0.29) is 12.0 Å². The van der Waals surface area contributed by atoms with Crippen LogP contribution < -0.4 is 4.74 Å². The molecular weight excluding hydrogens is 326 g/mol. The van der Waals surface area contributed by atoms with Crippen molar-refractivity contribution in [2.45, 2.75) is 25.9 Å². The second-order valence-corrected chi connectivity index (χ2v) is 6.67. The molecule has 0 atom stereocenters. The maximum absolute atomic E-state index is 12.6. The number of ether oxygens (including phenoxy) is 1. The molecule has 0 aliphatic carbocycles. The summed E-state index contributed by atoms with van der Waals surface area (Å²) >= 11 is 0. The number of hydrogen-bond donors (Lipinski definition) is 0. The van der Waals surface area contributed by atoms with Gasteiger partial charge >= 0.3 is 0 Å². The van der Waals surface area contributed by atoms with Crippen molar-refractivity contribution in [2.75, 3.05) is 13.1 Å². The van der Waals surface area contributed by atoms with Crippen molar-refractivity contribution in [1.29, 1.82) is 0 Å². The highest BCUT2D eigenvalue weighted by Crippen LogP contribution is 2.20. The van der Waals surface area contributed by atoms with Crippen LogP contribution in [0.1, 0.15) is 28.8 Å². The van der Waals surface area contributed by atoms with Gasteiger partial charge in [0.25, 0.3) is 5.91 Å². The first-order valence-corrected chi connectivity index (χ1v) is 8.93. The zero-order valence-electron chi connectivity index (χ0n) is 14.8. The lowest BCUT2D eigenvalue weighted by molar-refractivity contribution is 0.0588. The first-order valence-electron chi connectivity index (χ1n) is 8.93. The molecule has 1 aliphatic heterocycles. The van der Waals surface area contributed by atoms with Crippen LogP contribution in [0.2, 0.25) is 0 Å². The van der Waals surface area contributed by atoms with Gasteiger partial charge in [-0.15, -0.1) is 0 Å². The van der Waals surface area contributed by atoms with E-state index >= 15 is 0 Å². The highest BCUT2D eigenvalue weighted by Gasteiger charge is 2.25. The van der Waals surface area contributed by atoms with Crippen molar-refractivity contribution >= 4 is 16.9 Å². The molecule has 0 unspecified atom stereocenters. The molecule has 1 fully saturated rings. The highest BCUT2D eigenvalue weighted by molar-refractivity contribution is 5.94. The van der Waals surface area contributed by atoms with Crippen LogP contribution in [0.4, 0.5) is 0 Å². The number of nitrogens with zero attached hydrogens (tertiary/aromatic N) is 3. The van der Waals surface area contributed by atoms with E-state index in [1.807, 2.05) is 60.4 Å². The van der Waals surface area contributed by atoms with E-state index in [0.717, 1.165) is 35.0 Å². The zero-order chi connectivity index (χ0) is 17.9. The zero-order valence-corrected chi connectivity index (χ0v) is 14.8. The smallest absolute Gasteiger partial charge is 0.253 e. The number of aryl methyl sites for hydroxylation is 1. The van der Waals surface area contributed by atoms with Gasteiger partial charge in [0, 0.05) is 31.5 Å². The number of carbonyl (C=O) groups is 1. The summed E-state index contributed by atoms with van der Waals surface area (Å²) in [6.45, 7) is 3.41. The monoisotopic (exact) mass is 347 g/mol. The van der Waals surface area contributed by atoms with Gasteiger partial charge in [-0.3, -0.25) is 4.79 Å². The summed E-state index contributed by atoms with van der Waals surface area (Å²) in [5.41, 5.74) is 3.59. The fraction of sp³-hybridized carbons (Fsp3) is 0.286. The van der Waals surface area contributed by atoms with Gasteiger partial charge in [0.15, 0.2) is 0 Å². The number of likely N-dealkylation sites (tertiary alicyclic amines) is 1. The topological polar surface area (TPSA) is 55.3 Å². The molecule has 1 aromatic heterocycles. The number of amides is 1. The standard InChI is InChI=1S/C21H21N3O2/c1-15-6-8-16(9-7-15)21(25)24-12-10-17(11-13-24)26-20-14-22-18-4-2-3-5-19(18)23-20/h2-9,14,17H,10-13H2,1H3. The number of hydrogen-bond acceptors (Lipinski definition) is 4. The average molecular weight is 347 g/mol. The molecule has 5 heteroatoms. The maximum Gasteiger partial charge on any atom is 0.253 e. The van der Waals surface area contributed by atoms with Gasteiger partial charge in [-0.2, -0.15) is 0 Å². The molecule has 5 nitrogen and oxygen atoms in total. The Hall–Kier alpha value is -2.95. The number of aromatic nitrogens is 2. The van der Waals surface area contributed by atoms with Crippen LogP contribution in [0.25, 0.3) is 11.0 Å². The summed E-state index contributed by atoms with van der Waals surface area (Å²) in [7, 11) is 0. The molecule has 2 aromatic carbocycles. The van der Waals surface area contributed by atoms with Crippen LogP contribution in [0.3, 0.4) is 0 Å². The normalized spacial score (nSPS) is 15.2. The molecule has 0 spiro atoms. The molecule has 2 heterocycles. The van der Waals surface area contributed by atoms with Crippen LogP contribution in [0.5, 0.6) is 5.88 Å². The number of benzene rings is 2. The SMILES string of the molecule is Cc1ccc(C(=O)N2CCC(Oc3cnc4ccccc4n3)CC2)cc1. The highest BCUT2D eigenvalue weighted by atomic mass is 16.5. The summed E-state index contributed by atoms with van der Waals surface area (Å²) in [5, 5.41) is 0. The van der Waals surface area contributed by atoms with Crippen LogP contribution in [0, 0.1) is 6.92 Å². The lowest BCUT2D eigenvalue weighted by Crippen LogP contribution is -2.41. The van der Waals surface area contributed by atoms with E-state index in [0.29, 0.717) is 19.0 Å². The first-order chi connectivity index (χ1) is 12.7. The van der Waals surface area contributed by atoms with E-state index in [1.165, 1.54) is 0 Å². The maximum atomic E-state index is 12.6. The van der Waals surface area contributed by atoms with Gasteiger partial charge in [0.2, 0.25) is 5.88 Å². The van der Waals surface area contributed by atoms with Crippen molar-refractivity contribution in [2.24, 2.45) is 0 Å². The van der Waals surface area contributed by atoms with Crippen LogP contribution in [0.15, 0.2) is 54.7 Å². The Morgan fingerprint density at radius 2 is 1.73 bits per heavy atom. The Morgan fingerprint density at radius 1 is 1.04 bits per heavy atom. The Morgan fingerprint density at radius 3 is 2.46 bits per heavy atom. The molecule has 0 radical (unpaired) electrons. The summed E-state index contributed by atoms with van der Waals surface area (Å²) in [5.74, 6) is 0.640. The Labute approximate surface area is 152 Å². The molecule has 0 N–H and O–H groups in total. The fourth-order valence-electron chi connectivity index (χ4n) is 3.22. The Bertz CT molecular complexity index is 916. The summed E-state index contributed by atoms with van der Waals surface area (Å²) in [4.78, 5) is 23.4. The van der Waals surface area contributed by atoms with Crippen molar-refractivity contribution < 1.29 is 9.53 Å². The van der Waals surface area contributed by atoms with Gasteiger partial charge < -0.3 is 9.64 Å².